The van der Waals surface area contributed by atoms with Gasteiger partial charge in [0.2, 0.25) is 5.88 Å². The second-order valence-electron chi connectivity index (χ2n) is 5.62. The molecule has 1 fully saturated rings. The number of benzene rings is 1. The number of nitrogens with zero attached hydrogens (tertiary/aromatic N) is 1. The third kappa shape index (κ3) is 3.54. The van der Waals surface area contributed by atoms with Crippen molar-refractivity contribution in [1.29, 1.82) is 0 Å². The Hall–Kier alpha value is -1.29. The van der Waals surface area contributed by atoms with E-state index in [0.29, 0.717) is 22.7 Å². The monoisotopic (exact) mass is 336 g/mol. The van der Waals surface area contributed by atoms with Crippen LogP contribution < -0.4 is 10.1 Å². The summed E-state index contributed by atoms with van der Waals surface area (Å²) in [7, 11) is 0. The van der Waals surface area contributed by atoms with Gasteiger partial charge in [-0.05, 0) is 30.7 Å². The largest absolute Gasteiger partial charge is 0.474 e. The smallest absolute Gasteiger partial charge is 0.213 e. The Morgan fingerprint density at radius 1 is 1.09 bits per heavy atom. The minimum Gasteiger partial charge on any atom is -0.474 e. The van der Waals surface area contributed by atoms with E-state index in [1.807, 2.05) is 12.1 Å². The van der Waals surface area contributed by atoms with Crippen LogP contribution >= 0.6 is 23.2 Å². The van der Waals surface area contributed by atoms with Crippen LogP contribution in [0.15, 0.2) is 42.6 Å². The first-order valence-corrected chi connectivity index (χ1v) is 8.13. The van der Waals surface area contributed by atoms with Crippen LogP contribution in [0, 0.1) is 5.92 Å². The van der Waals surface area contributed by atoms with Gasteiger partial charge in [0.25, 0.3) is 0 Å². The Morgan fingerprint density at radius 2 is 1.82 bits per heavy atom. The number of hydrogen-bond acceptors (Lipinski definition) is 3. The molecule has 22 heavy (non-hydrogen) atoms. The first-order valence-electron chi connectivity index (χ1n) is 7.38. The Labute approximate surface area is 140 Å². The fourth-order valence-corrected chi connectivity index (χ4v) is 3.21. The molecule has 3 nitrogen and oxygen atoms in total. The Bertz CT molecular complexity index is 616. The van der Waals surface area contributed by atoms with Gasteiger partial charge in [0, 0.05) is 42.2 Å². The van der Waals surface area contributed by atoms with E-state index in [2.05, 4.69) is 29.4 Å². The molecule has 0 radical (unpaired) electrons. The van der Waals surface area contributed by atoms with Gasteiger partial charge in [-0.2, -0.15) is 0 Å². The zero-order valence-electron chi connectivity index (χ0n) is 12.3. The van der Waals surface area contributed by atoms with E-state index in [9.17, 15) is 0 Å². The van der Waals surface area contributed by atoms with Gasteiger partial charge < -0.3 is 10.1 Å². The van der Waals surface area contributed by atoms with E-state index >= 15 is 0 Å². The highest BCUT2D eigenvalue weighted by Gasteiger charge is 2.33. The number of hydrogen-bond donors (Lipinski definition) is 1. The summed E-state index contributed by atoms with van der Waals surface area (Å²) in [5.41, 5.74) is 1.29. The lowest BCUT2D eigenvalue weighted by atomic mass is 9.86. The quantitative estimate of drug-likeness (QED) is 0.910. The molecule has 1 saturated heterocycles. The van der Waals surface area contributed by atoms with Gasteiger partial charge in [-0.25, -0.2) is 4.98 Å². The van der Waals surface area contributed by atoms with Crippen molar-refractivity contribution in [3.63, 3.8) is 0 Å². The lowest BCUT2D eigenvalue weighted by Gasteiger charge is -2.25. The molecule has 1 aromatic carbocycles. The SMILES string of the molecule is CC(Oc1ccc(Cl)cn1)C1CNCC1c1ccc(Cl)cc1. The molecule has 1 N–H and O–H groups in total. The Kier molecular flexibility index (Phi) is 4.87. The number of nitrogens with one attached hydrogen (secondary N) is 1. The molecule has 3 atom stereocenters. The molecule has 2 heterocycles. The van der Waals surface area contributed by atoms with Crippen LogP contribution in [0.5, 0.6) is 5.88 Å². The second-order valence-corrected chi connectivity index (χ2v) is 6.49. The van der Waals surface area contributed by atoms with Gasteiger partial charge in [0.1, 0.15) is 6.10 Å². The fourth-order valence-electron chi connectivity index (χ4n) is 2.98. The highest BCUT2D eigenvalue weighted by molar-refractivity contribution is 6.30. The number of aromatic nitrogens is 1. The van der Waals surface area contributed by atoms with Gasteiger partial charge in [0.05, 0.1) is 5.02 Å². The molecule has 3 rings (SSSR count). The van der Waals surface area contributed by atoms with E-state index in [1.54, 1.807) is 18.3 Å². The van der Waals surface area contributed by atoms with E-state index in [0.717, 1.165) is 18.1 Å². The van der Waals surface area contributed by atoms with Crippen molar-refractivity contribution >= 4 is 23.2 Å². The lowest BCUT2D eigenvalue weighted by Crippen LogP contribution is -2.29. The van der Waals surface area contributed by atoms with E-state index in [-0.39, 0.29) is 6.10 Å². The molecule has 0 bridgehead atoms. The van der Waals surface area contributed by atoms with Crippen molar-refractivity contribution in [2.24, 2.45) is 5.92 Å². The maximum atomic E-state index is 5.99. The Balaban J connectivity index is 1.71. The molecule has 1 aromatic heterocycles. The minimum absolute atomic E-state index is 0.0596. The van der Waals surface area contributed by atoms with Crippen LogP contribution in [-0.2, 0) is 0 Å². The Morgan fingerprint density at radius 3 is 2.50 bits per heavy atom. The molecule has 0 amide bonds. The number of pyridine rings is 1. The van der Waals surface area contributed by atoms with Crippen LogP contribution in [0.4, 0.5) is 0 Å². The van der Waals surface area contributed by atoms with Crippen molar-refractivity contribution in [3.05, 3.63) is 58.2 Å². The second kappa shape index (κ2) is 6.86. The zero-order chi connectivity index (χ0) is 15.5. The third-order valence-electron chi connectivity index (χ3n) is 4.17. The highest BCUT2D eigenvalue weighted by Crippen LogP contribution is 2.32. The van der Waals surface area contributed by atoms with Crippen LogP contribution in [0.2, 0.25) is 10.0 Å². The highest BCUT2D eigenvalue weighted by atomic mass is 35.5. The van der Waals surface area contributed by atoms with Crippen molar-refractivity contribution < 1.29 is 4.74 Å². The third-order valence-corrected chi connectivity index (χ3v) is 4.64. The molecule has 5 heteroatoms. The molecule has 116 valence electrons. The van der Waals surface area contributed by atoms with Gasteiger partial charge >= 0.3 is 0 Å². The molecule has 2 aromatic rings. The van der Waals surface area contributed by atoms with Gasteiger partial charge in [-0.15, -0.1) is 0 Å². The molecule has 0 spiro atoms. The zero-order valence-corrected chi connectivity index (χ0v) is 13.8. The maximum Gasteiger partial charge on any atom is 0.213 e. The number of ether oxygens (including phenoxy) is 1. The minimum atomic E-state index is 0.0596. The average molecular weight is 337 g/mol. The summed E-state index contributed by atoms with van der Waals surface area (Å²) in [6.45, 7) is 3.98. The van der Waals surface area contributed by atoms with Crippen molar-refractivity contribution in [2.75, 3.05) is 13.1 Å². The van der Waals surface area contributed by atoms with Crippen LogP contribution in [0.3, 0.4) is 0 Å². The fraction of sp³-hybridized carbons (Fsp3) is 0.353. The molecule has 3 unspecified atom stereocenters. The summed E-state index contributed by atoms with van der Waals surface area (Å²) >= 11 is 11.8. The molecule has 0 saturated carbocycles. The van der Waals surface area contributed by atoms with Crippen molar-refractivity contribution in [1.82, 2.24) is 10.3 Å². The molecular weight excluding hydrogens is 319 g/mol. The first kappa shape index (κ1) is 15.6. The lowest BCUT2D eigenvalue weighted by molar-refractivity contribution is 0.145. The predicted molar refractivity (Wildman–Crippen MR) is 89.9 cm³/mol. The number of halogens is 2. The first-order chi connectivity index (χ1) is 10.6. The topological polar surface area (TPSA) is 34.1 Å². The normalized spacial score (nSPS) is 22.5. The van der Waals surface area contributed by atoms with Crippen LogP contribution in [0.1, 0.15) is 18.4 Å². The standard InChI is InChI=1S/C17H18Cl2N2O/c1-11(22-17-7-6-14(19)8-21-17)15-9-20-10-16(15)12-2-4-13(18)5-3-12/h2-8,11,15-16,20H,9-10H2,1H3. The van der Waals surface area contributed by atoms with Crippen molar-refractivity contribution in [3.8, 4) is 5.88 Å². The van der Waals surface area contributed by atoms with Crippen LogP contribution in [-0.4, -0.2) is 24.2 Å². The van der Waals surface area contributed by atoms with Gasteiger partial charge in [-0.3, -0.25) is 0 Å². The van der Waals surface area contributed by atoms with Gasteiger partial charge in [-0.1, -0.05) is 35.3 Å². The number of rotatable bonds is 4. The van der Waals surface area contributed by atoms with E-state index in [1.165, 1.54) is 5.56 Å². The summed E-state index contributed by atoms with van der Waals surface area (Å²) < 4.78 is 5.99. The maximum absolute atomic E-state index is 5.99. The summed E-state index contributed by atoms with van der Waals surface area (Å²) in [6, 6.07) is 11.7. The average Bonchev–Trinajstić information content (AvgIpc) is 3.00. The van der Waals surface area contributed by atoms with Crippen LogP contribution in [0.25, 0.3) is 0 Å². The summed E-state index contributed by atoms with van der Waals surface area (Å²) in [6.07, 6.45) is 1.66. The van der Waals surface area contributed by atoms with E-state index < -0.39 is 0 Å². The van der Waals surface area contributed by atoms with Gasteiger partial charge in [0.15, 0.2) is 0 Å². The van der Waals surface area contributed by atoms with Crippen molar-refractivity contribution in [2.45, 2.75) is 18.9 Å². The predicted octanol–water partition coefficient (Wildman–Crippen LogP) is 4.16. The van der Waals surface area contributed by atoms with E-state index in [4.69, 9.17) is 27.9 Å². The molecular formula is C17H18Cl2N2O. The molecule has 0 aliphatic carbocycles. The summed E-state index contributed by atoms with van der Waals surface area (Å²) in [4.78, 5) is 4.21. The summed E-state index contributed by atoms with van der Waals surface area (Å²) in [5.74, 6) is 1.41. The molecule has 1 aliphatic heterocycles. The summed E-state index contributed by atoms with van der Waals surface area (Å²) in [5, 5.41) is 4.83. The molecule has 1 aliphatic rings.